The first-order chi connectivity index (χ1) is 7.99. The van der Waals surface area contributed by atoms with Crippen molar-refractivity contribution in [2.45, 2.75) is 13.8 Å². The Balaban J connectivity index is 2.73. The van der Waals surface area contributed by atoms with Gasteiger partial charge in [-0.2, -0.15) is 0 Å². The van der Waals surface area contributed by atoms with E-state index in [0.717, 1.165) is 20.6 Å². The van der Waals surface area contributed by atoms with E-state index in [0.29, 0.717) is 5.02 Å². The number of pyridine rings is 1. The van der Waals surface area contributed by atoms with Gasteiger partial charge < -0.3 is 4.57 Å². The maximum atomic E-state index is 11.4. The third kappa shape index (κ3) is 2.55. The minimum absolute atomic E-state index is 0.0258. The summed E-state index contributed by atoms with van der Waals surface area (Å²) < 4.78 is 3.08. The van der Waals surface area contributed by atoms with E-state index < -0.39 is 0 Å². The largest absolute Gasteiger partial charge is 0.317 e. The molecule has 0 N–H and O–H groups in total. The zero-order valence-corrected chi connectivity index (χ0v) is 12.4. The number of halogens is 2. The number of hydrogen-bond donors (Lipinski definition) is 0. The van der Waals surface area contributed by atoms with Gasteiger partial charge in [0.25, 0.3) is 0 Å². The number of benzene rings is 1. The summed E-state index contributed by atoms with van der Waals surface area (Å²) >= 11 is 8.46. The zero-order valence-electron chi connectivity index (χ0n) is 9.50. The Bertz CT molecular complexity index is 608. The van der Waals surface area contributed by atoms with Crippen molar-refractivity contribution in [3.05, 3.63) is 60.5 Å². The molecule has 1 aromatic heterocycles. The maximum Gasteiger partial charge on any atom is 0.182 e. The zero-order chi connectivity index (χ0) is 12.6. The summed E-state index contributed by atoms with van der Waals surface area (Å²) in [5, 5.41) is 0.687. The molecule has 2 aromatic rings. The molecule has 4 heteroatoms. The molecule has 0 unspecified atom stereocenters. The Morgan fingerprint density at radius 3 is 2.24 bits per heavy atom. The second kappa shape index (κ2) is 4.82. The molecule has 1 heterocycles. The first kappa shape index (κ1) is 12.6. The molecule has 0 amide bonds. The average Bonchev–Trinajstić information content (AvgIpc) is 2.19. The highest BCUT2D eigenvalue weighted by Crippen LogP contribution is 2.24. The predicted molar refractivity (Wildman–Crippen MR) is 79.2 cm³/mol. The molecule has 2 nitrogen and oxygen atoms in total. The van der Waals surface area contributed by atoms with Crippen LogP contribution >= 0.6 is 34.2 Å². The van der Waals surface area contributed by atoms with Crippen LogP contribution in [0.25, 0.3) is 5.69 Å². The molecule has 0 bridgehead atoms. The van der Waals surface area contributed by atoms with E-state index in [1.165, 1.54) is 0 Å². The van der Waals surface area contributed by atoms with E-state index in [2.05, 4.69) is 22.6 Å². The highest BCUT2D eigenvalue weighted by molar-refractivity contribution is 14.1. The third-order valence-electron chi connectivity index (χ3n) is 2.56. The first-order valence-corrected chi connectivity index (χ1v) is 6.60. The van der Waals surface area contributed by atoms with E-state index in [1.807, 2.05) is 36.6 Å². The molecule has 0 aliphatic heterocycles. The van der Waals surface area contributed by atoms with Gasteiger partial charge in [0.05, 0.1) is 10.7 Å². The van der Waals surface area contributed by atoms with E-state index in [4.69, 9.17) is 11.6 Å². The Hall–Kier alpha value is -0.810. The molecule has 0 radical (unpaired) electrons. The van der Waals surface area contributed by atoms with Crippen LogP contribution in [0.4, 0.5) is 0 Å². The van der Waals surface area contributed by atoms with Crippen LogP contribution < -0.4 is 5.43 Å². The van der Waals surface area contributed by atoms with E-state index in [1.54, 1.807) is 12.1 Å². The topological polar surface area (TPSA) is 22.0 Å². The van der Waals surface area contributed by atoms with Crippen LogP contribution in [0, 0.1) is 17.4 Å². The fourth-order valence-corrected chi connectivity index (χ4v) is 2.84. The van der Waals surface area contributed by atoms with E-state index >= 15 is 0 Å². The SMILES string of the molecule is Cc1cc(=O)cc(C)n1-c1ccc(I)cc1Cl. The lowest BCUT2D eigenvalue weighted by molar-refractivity contribution is 0.922. The molecule has 0 fully saturated rings. The highest BCUT2D eigenvalue weighted by atomic mass is 127. The van der Waals surface area contributed by atoms with Crippen LogP contribution in [0.2, 0.25) is 5.02 Å². The van der Waals surface area contributed by atoms with Gasteiger partial charge in [-0.05, 0) is 54.6 Å². The van der Waals surface area contributed by atoms with Gasteiger partial charge in [-0.1, -0.05) is 11.6 Å². The molecule has 0 saturated carbocycles. The predicted octanol–water partition coefficient (Wildman–Crippen LogP) is 3.71. The number of rotatable bonds is 1. The van der Waals surface area contributed by atoms with Gasteiger partial charge in [0.1, 0.15) is 0 Å². The van der Waals surface area contributed by atoms with Crippen molar-refractivity contribution in [3.63, 3.8) is 0 Å². The molecule has 0 aliphatic carbocycles. The van der Waals surface area contributed by atoms with Crippen molar-refractivity contribution in [1.82, 2.24) is 4.57 Å². The van der Waals surface area contributed by atoms with Crippen molar-refractivity contribution in [2.75, 3.05) is 0 Å². The molecular weight excluding hydrogens is 349 g/mol. The van der Waals surface area contributed by atoms with Gasteiger partial charge in [0.15, 0.2) is 5.43 Å². The molecule has 88 valence electrons. The summed E-state index contributed by atoms with van der Waals surface area (Å²) in [5.74, 6) is 0. The molecule has 0 saturated heterocycles. The molecule has 0 atom stereocenters. The standard InChI is InChI=1S/C13H11ClINO/c1-8-5-11(17)6-9(2)16(8)13-4-3-10(15)7-12(13)14/h3-7H,1-2H3. The van der Waals surface area contributed by atoms with Crippen molar-refractivity contribution < 1.29 is 0 Å². The monoisotopic (exact) mass is 359 g/mol. The smallest absolute Gasteiger partial charge is 0.182 e. The second-order valence-electron chi connectivity index (χ2n) is 3.90. The van der Waals surface area contributed by atoms with Gasteiger partial charge in [-0.3, -0.25) is 4.79 Å². The molecule has 0 spiro atoms. The van der Waals surface area contributed by atoms with Crippen molar-refractivity contribution in [1.29, 1.82) is 0 Å². The number of aromatic nitrogens is 1. The quantitative estimate of drug-likeness (QED) is 0.712. The summed E-state index contributed by atoms with van der Waals surface area (Å²) in [6, 6.07) is 9.10. The minimum atomic E-state index is 0.0258. The highest BCUT2D eigenvalue weighted by Gasteiger charge is 2.08. The van der Waals surface area contributed by atoms with Gasteiger partial charge in [0.2, 0.25) is 0 Å². The Morgan fingerprint density at radius 2 is 1.71 bits per heavy atom. The molecule has 2 rings (SSSR count). The number of aryl methyl sites for hydroxylation is 2. The summed E-state index contributed by atoms with van der Waals surface area (Å²) in [6.45, 7) is 3.81. The Labute approximate surface area is 118 Å². The summed E-state index contributed by atoms with van der Waals surface area (Å²) in [6.07, 6.45) is 0. The lowest BCUT2D eigenvalue weighted by Crippen LogP contribution is -2.11. The Kier molecular flexibility index (Phi) is 3.58. The van der Waals surface area contributed by atoms with Gasteiger partial charge >= 0.3 is 0 Å². The minimum Gasteiger partial charge on any atom is -0.317 e. The van der Waals surface area contributed by atoms with Crippen molar-refractivity contribution >= 4 is 34.2 Å². The van der Waals surface area contributed by atoms with E-state index in [-0.39, 0.29) is 5.43 Å². The second-order valence-corrected chi connectivity index (χ2v) is 5.56. The summed E-state index contributed by atoms with van der Waals surface area (Å²) in [4.78, 5) is 11.4. The lowest BCUT2D eigenvalue weighted by atomic mass is 10.2. The van der Waals surface area contributed by atoms with E-state index in [9.17, 15) is 4.79 Å². The molecule has 17 heavy (non-hydrogen) atoms. The third-order valence-corrected chi connectivity index (χ3v) is 3.53. The summed E-state index contributed by atoms with van der Waals surface area (Å²) in [5.41, 5.74) is 2.70. The van der Waals surface area contributed by atoms with Crippen LogP contribution in [0.15, 0.2) is 35.1 Å². The summed E-state index contributed by atoms with van der Waals surface area (Å²) in [7, 11) is 0. The molecule has 1 aromatic carbocycles. The average molecular weight is 360 g/mol. The van der Waals surface area contributed by atoms with Crippen LogP contribution in [0.3, 0.4) is 0 Å². The van der Waals surface area contributed by atoms with Gasteiger partial charge in [-0.15, -0.1) is 0 Å². The number of nitrogens with zero attached hydrogens (tertiary/aromatic N) is 1. The van der Waals surface area contributed by atoms with Crippen LogP contribution in [0.5, 0.6) is 0 Å². The van der Waals surface area contributed by atoms with Crippen LogP contribution in [0.1, 0.15) is 11.4 Å². The van der Waals surface area contributed by atoms with Crippen molar-refractivity contribution in [3.8, 4) is 5.69 Å². The number of hydrogen-bond acceptors (Lipinski definition) is 1. The van der Waals surface area contributed by atoms with Crippen LogP contribution in [-0.4, -0.2) is 4.57 Å². The fourth-order valence-electron chi connectivity index (χ4n) is 1.90. The van der Waals surface area contributed by atoms with Crippen molar-refractivity contribution in [2.24, 2.45) is 0 Å². The van der Waals surface area contributed by atoms with Gasteiger partial charge in [0, 0.05) is 27.1 Å². The Morgan fingerprint density at radius 1 is 1.12 bits per heavy atom. The molecular formula is C13H11ClINO. The van der Waals surface area contributed by atoms with Gasteiger partial charge in [-0.25, -0.2) is 0 Å². The fraction of sp³-hybridized carbons (Fsp3) is 0.154. The van der Waals surface area contributed by atoms with Crippen LogP contribution in [-0.2, 0) is 0 Å². The normalized spacial score (nSPS) is 10.6. The molecule has 0 aliphatic rings. The maximum absolute atomic E-state index is 11.4. The lowest BCUT2D eigenvalue weighted by Gasteiger charge is -2.15. The first-order valence-electron chi connectivity index (χ1n) is 5.15.